The lowest BCUT2D eigenvalue weighted by Crippen LogP contribution is -2.06. The van der Waals surface area contributed by atoms with E-state index in [0.29, 0.717) is 0 Å². The van der Waals surface area contributed by atoms with E-state index in [1.807, 2.05) is 55.5 Å². The van der Waals surface area contributed by atoms with Crippen LogP contribution in [0.4, 0.5) is 28.7 Å². The van der Waals surface area contributed by atoms with E-state index in [9.17, 15) is 10.1 Å². The quantitative estimate of drug-likeness (QED) is 0.396. The van der Waals surface area contributed by atoms with E-state index in [-0.39, 0.29) is 17.3 Å². The summed E-state index contributed by atoms with van der Waals surface area (Å²) in [5.74, 6) is 0.300. The molecule has 3 rings (SSSR count). The van der Waals surface area contributed by atoms with Crippen molar-refractivity contribution >= 4 is 28.7 Å². The van der Waals surface area contributed by atoms with E-state index in [1.165, 1.54) is 11.9 Å². The second-order valence-corrected chi connectivity index (χ2v) is 6.54. The van der Waals surface area contributed by atoms with Crippen LogP contribution in [0.1, 0.15) is 30.9 Å². The number of para-hydroxylation sites is 1. The molecule has 0 spiro atoms. The maximum atomic E-state index is 11.7. The summed E-state index contributed by atoms with van der Waals surface area (Å²) in [7, 11) is 0. The van der Waals surface area contributed by atoms with Gasteiger partial charge in [0.2, 0.25) is 11.6 Å². The molecule has 0 unspecified atom stereocenters. The molecule has 2 aromatic carbocycles. The summed E-state index contributed by atoms with van der Waals surface area (Å²) in [6.07, 6.45) is 4.61. The van der Waals surface area contributed by atoms with Gasteiger partial charge in [0.1, 0.15) is 6.33 Å². The Hall–Kier alpha value is -3.48. The Balaban J connectivity index is 1.87. The van der Waals surface area contributed by atoms with Gasteiger partial charge < -0.3 is 10.6 Å². The highest BCUT2D eigenvalue weighted by atomic mass is 16.6. The Bertz CT molecular complexity index is 957. The van der Waals surface area contributed by atoms with Crippen molar-refractivity contribution in [3.8, 4) is 0 Å². The summed E-state index contributed by atoms with van der Waals surface area (Å²) in [6, 6.07) is 15.4. The van der Waals surface area contributed by atoms with Crippen molar-refractivity contribution < 1.29 is 4.92 Å². The van der Waals surface area contributed by atoms with Gasteiger partial charge in [-0.3, -0.25) is 10.1 Å². The molecular weight excluding hydrogens is 354 g/mol. The minimum absolute atomic E-state index is 0.149. The first-order valence-corrected chi connectivity index (χ1v) is 9.26. The van der Waals surface area contributed by atoms with Crippen LogP contribution in [-0.4, -0.2) is 14.9 Å². The van der Waals surface area contributed by atoms with Crippen molar-refractivity contribution in [1.29, 1.82) is 0 Å². The van der Waals surface area contributed by atoms with Gasteiger partial charge in [0.15, 0.2) is 0 Å². The van der Waals surface area contributed by atoms with Gasteiger partial charge in [-0.25, -0.2) is 9.97 Å². The molecule has 0 saturated heterocycles. The number of hydrogen-bond acceptors (Lipinski definition) is 6. The Morgan fingerprint density at radius 1 is 1.00 bits per heavy atom. The predicted octanol–water partition coefficient (Wildman–Crippen LogP) is 5.52. The fourth-order valence-electron chi connectivity index (χ4n) is 2.85. The molecule has 28 heavy (non-hydrogen) atoms. The van der Waals surface area contributed by atoms with Crippen LogP contribution in [0.3, 0.4) is 0 Å². The number of rotatable bonds is 8. The van der Waals surface area contributed by atoms with Crippen LogP contribution in [0, 0.1) is 17.0 Å². The number of anilines is 4. The summed E-state index contributed by atoms with van der Waals surface area (Å²) in [5.41, 5.74) is 3.51. The second kappa shape index (κ2) is 8.94. The third-order valence-electron chi connectivity index (χ3n) is 4.44. The summed E-state index contributed by atoms with van der Waals surface area (Å²) in [5, 5.41) is 17.8. The average molecular weight is 377 g/mol. The molecule has 0 aliphatic heterocycles. The van der Waals surface area contributed by atoms with Gasteiger partial charge in [-0.2, -0.15) is 0 Å². The van der Waals surface area contributed by atoms with Crippen molar-refractivity contribution in [2.24, 2.45) is 0 Å². The van der Waals surface area contributed by atoms with Gasteiger partial charge in [-0.05, 0) is 49.1 Å². The predicted molar refractivity (Wildman–Crippen MR) is 111 cm³/mol. The zero-order valence-corrected chi connectivity index (χ0v) is 16.0. The standard InChI is InChI=1S/C21H23N5O2/c1-3-4-8-16-10-12-17(13-11-16)24-20-19(26(27)28)21(23-14-22-20)25-18-9-6-5-7-15(18)2/h5-7,9-14H,3-4,8H2,1-2H3,(H2,22,23,24,25). The van der Waals surface area contributed by atoms with Crippen LogP contribution in [-0.2, 0) is 6.42 Å². The van der Waals surface area contributed by atoms with Crippen LogP contribution >= 0.6 is 0 Å². The lowest BCUT2D eigenvalue weighted by molar-refractivity contribution is -0.383. The number of nitrogens with one attached hydrogen (secondary N) is 2. The smallest absolute Gasteiger partial charge is 0.334 e. The number of nitro groups is 1. The number of nitrogens with zero attached hydrogens (tertiary/aromatic N) is 3. The number of benzene rings is 2. The molecule has 144 valence electrons. The van der Waals surface area contributed by atoms with Crippen LogP contribution < -0.4 is 10.6 Å². The third kappa shape index (κ3) is 4.62. The highest BCUT2D eigenvalue weighted by Gasteiger charge is 2.23. The molecule has 0 radical (unpaired) electrons. The minimum Gasteiger partial charge on any atom is -0.334 e. The molecule has 3 aromatic rings. The van der Waals surface area contributed by atoms with Crippen molar-refractivity contribution in [1.82, 2.24) is 9.97 Å². The molecule has 0 saturated carbocycles. The summed E-state index contributed by atoms with van der Waals surface area (Å²) >= 11 is 0. The molecule has 0 aliphatic carbocycles. The molecule has 2 N–H and O–H groups in total. The number of aryl methyl sites for hydroxylation is 2. The highest BCUT2D eigenvalue weighted by molar-refractivity contribution is 5.77. The topological polar surface area (TPSA) is 93.0 Å². The Kier molecular flexibility index (Phi) is 6.16. The molecule has 7 heteroatoms. The number of aromatic nitrogens is 2. The molecule has 0 atom stereocenters. The molecule has 0 fully saturated rings. The first-order chi connectivity index (χ1) is 13.6. The maximum Gasteiger partial charge on any atom is 0.353 e. The van der Waals surface area contributed by atoms with E-state index < -0.39 is 4.92 Å². The second-order valence-electron chi connectivity index (χ2n) is 6.54. The van der Waals surface area contributed by atoms with Crippen LogP contribution in [0.25, 0.3) is 0 Å². The van der Waals surface area contributed by atoms with Crippen LogP contribution in [0.5, 0.6) is 0 Å². The molecule has 7 nitrogen and oxygen atoms in total. The van der Waals surface area contributed by atoms with E-state index in [0.717, 1.165) is 36.2 Å². The fourth-order valence-corrected chi connectivity index (χ4v) is 2.85. The monoisotopic (exact) mass is 377 g/mol. The normalized spacial score (nSPS) is 10.5. The van der Waals surface area contributed by atoms with Gasteiger partial charge in [0, 0.05) is 11.4 Å². The SMILES string of the molecule is CCCCc1ccc(Nc2ncnc(Nc3ccccc3C)c2[N+](=O)[O-])cc1. The van der Waals surface area contributed by atoms with Crippen molar-refractivity contribution in [2.45, 2.75) is 33.1 Å². The molecule has 0 aliphatic rings. The van der Waals surface area contributed by atoms with E-state index in [4.69, 9.17) is 0 Å². The molecule has 1 aromatic heterocycles. The minimum atomic E-state index is -0.474. The van der Waals surface area contributed by atoms with Gasteiger partial charge >= 0.3 is 5.69 Å². The van der Waals surface area contributed by atoms with Gasteiger partial charge in [0.25, 0.3) is 0 Å². The van der Waals surface area contributed by atoms with Crippen molar-refractivity contribution in [3.05, 3.63) is 76.1 Å². The van der Waals surface area contributed by atoms with Crippen LogP contribution in [0.15, 0.2) is 54.9 Å². The maximum absolute atomic E-state index is 11.7. The first kappa shape index (κ1) is 19.3. The molecule has 0 bridgehead atoms. The molecular formula is C21H23N5O2. The number of hydrogen-bond donors (Lipinski definition) is 2. The van der Waals surface area contributed by atoms with Crippen molar-refractivity contribution in [3.63, 3.8) is 0 Å². The number of unbranched alkanes of at least 4 members (excludes halogenated alkanes) is 1. The van der Waals surface area contributed by atoms with E-state index >= 15 is 0 Å². The summed E-state index contributed by atoms with van der Waals surface area (Å²) in [6.45, 7) is 4.08. The van der Waals surface area contributed by atoms with E-state index in [2.05, 4.69) is 27.5 Å². The highest BCUT2D eigenvalue weighted by Crippen LogP contribution is 2.33. The lowest BCUT2D eigenvalue weighted by atomic mass is 10.1. The summed E-state index contributed by atoms with van der Waals surface area (Å²) in [4.78, 5) is 19.4. The Labute approximate surface area is 164 Å². The zero-order valence-electron chi connectivity index (χ0n) is 16.0. The van der Waals surface area contributed by atoms with Gasteiger partial charge in [-0.15, -0.1) is 0 Å². The van der Waals surface area contributed by atoms with Crippen molar-refractivity contribution in [2.75, 3.05) is 10.6 Å². The Morgan fingerprint density at radius 3 is 2.32 bits per heavy atom. The zero-order chi connectivity index (χ0) is 19.9. The summed E-state index contributed by atoms with van der Waals surface area (Å²) < 4.78 is 0. The molecule has 1 heterocycles. The lowest BCUT2D eigenvalue weighted by Gasteiger charge is -2.11. The average Bonchev–Trinajstić information content (AvgIpc) is 2.69. The molecule has 0 amide bonds. The Morgan fingerprint density at radius 2 is 1.68 bits per heavy atom. The van der Waals surface area contributed by atoms with Crippen LogP contribution in [0.2, 0.25) is 0 Å². The first-order valence-electron chi connectivity index (χ1n) is 9.26. The largest absolute Gasteiger partial charge is 0.353 e. The van der Waals surface area contributed by atoms with Gasteiger partial charge in [-0.1, -0.05) is 43.7 Å². The third-order valence-corrected chi connectivity index (χ3v) is 4.44. The van der Waals surface area contributed by atoms with E-state index in [1.54, 1.807) is 0 Å². The van der Waals surface area contributed by atoms with Gasteiger partial charge in [0.05, 0.1) is 4.92 Å². The fraction of sp³-hybridized carbons (Fsp3) is 0.238.